The summed E-state index contributed by atoms with van der Waals surface area (Å²) in [7, 11) is 2.08. The van der Waals surface area contributed by atoms with Crippen molar-refractivity contribution < 1.29 is 19.0 Å². The normalized spacial score (nSPS) is 19.2. The standard InChI is InChI=1S/C14H19FN2O3/c1-17-5-2-3-9(17)4-6-20-13-8-11(15)10(14(18)19)7-12(13)16/h7-9H,2-6,16H2,1H3,(H,18,19). The van der Waals surface area contributed by atoms with Crippen LogP contribution in [0.4, 0.5) is 10.1 Å². The van der Waals surface area contributed by atoms with Gasteiger partial charge in [0.05, 0.1) is 17.9 Å². The minimum Gasteiger partial charge on any atom is -0.491 e. The molecule has 1 heterocycles. The lowest BCUT2D eigenvalue weighted by Gasteiger charge is -2.19. The van der Waals surface area contributed by atoms with Gasteiger partial charge in [-0.05, 0) is 38.9 Å². The number of carbonyl (C=O) groups is 1. The van der Waals surface area contributed by atoms with E-state index in [-0.39, 0.29) is 11.4 Å². The fourth-order valence-corrected chi connectivity index (χ4v) is 2.51. The molecule has 1 saturated heterocycles. The number of likely N-dealkylation sites (tertiary alicyclic amines) is 1. The minimum absolute atomic E-state index is 0.142. The van der Waals surface area contributed by atoms with Crippen LogP contribution in [-0.4, -0.2) is 42.2 Å². The number of nitrogens with zero attached hydrogens (tertiary/aromatic N) is 1. The van der Waals surface area contributed by atoms with Crippen molar-refractivity contribution in [3.63, 3.8) is 0 Å². The van der Waals surface area contributed by atoms with Crippen LogP contribution in [0.5, 0.6) is 5.75 Å². The zero-order valence-corrected chi connectivity index (χ0v) is 11.4. The van der Waals surface area contributed by atoms with E-state index in [2.05, 4.69) is 11.9 Å². The van der Waals surface area contributed by atoms with Crippen molar-refractivity contribution in [2.45, 2.75) is 25.3 Å². The van der Waals surface area contributed by atoms with Gasteiger partial charge in [0.2, 0.25) is 0 Å². The first-order chi connectivity index (χ1) is 9.49. The molecule has 0 spiro atoms. The average molecular weight is 282 g/mol. The molecule has 20 heavy (non-hydrogen) atoms. The first-order valence-electron chi connectivity index (χ1n) is 6.64. The quantitative estimate of drug-likeness (QED) is 0.807. The number of hydrogen-bond acceptors (Lipinski definition) is 4. The van der Waals surface area contributed by atoms with Gasteiger partial charge in [-0.1, -0.05) is 0 Å². The molecule has 1 unspecified atom stereocenters. The van der Waals surface area contributed by atoms with Crippen LogP contribution in [0.1, 0.15) is 29.6 Å². The Kier molecular flexibility index (Phi) is 4.44. The second-order valence-electron chi connectivity index (χ2n) is 5.09. The van der Waals surface area contributed by atoms with E-state index in [0.29, 0.717) is 12.6 Å². The number of aromatic carboxylic acids is 1. The number of ether oxygens (including phenoxy) is 1. The highest BCUT2D eigenvalue weighted by Gasteiger charge is 2.21. The summed E-state index contributed by atoms with van der Waals surface area (Å²) in [5.74, 6) is -1.97. The Hall–Kier alpha value is -1.82. The first-order valence-corrected chi connectivity index (χ1v) is 6.64. The Balaban J connectivity index is 1.96. The molecule has 2 rings (SSSR count). The number of nitrogen functional groups attached to an aromatic ring is 1. The lowest BCUT2D eigenvalue weighted by Crippen LogP contribution is -2.26. The number of benzene rings is 1. The highest BCUT2D eigenvalue weighted by atomic mass is 19.1. The van der Waals surface area contributed by atoms with Crippen molar-refractivity contribution in [3.05, 3.63) is 23.5 Å². The first kappa shape index (κ1) is 14.6. The van der Waals surface area contributed by atoms with Gasteiger partial charge in [-0.25, -0.2) is 9.18 Å². The molecular weight excluding hydrogens is 263 g/mol. The van der Waals surface area contributed by atoms with E-state index in [9.17, 15) is 9.18 Å². The Bertz CT molecular complexity index is 507. The van der Waals surface area contributed by atoms with Crippen LogP contribution in [0.25, 0.3) is 0 Å². The van der Waals surface area contributed by atoms with Gasteiger partial charge in [-0.15, -0.1) is 0 Å². The van der Waals surface area contributed by atoms with Gasteiger partial charge in [0.1, 0.15) is 11.6 Å². The Morgan fingerprint density at radius 2 is 2.35 bits per heavy atom. The third-order valence-corrected chi connectivity index (χ3v) is 3.71. The molecule has 0 saturated carbocycles. The molecule has 1 aromatic rings. The minimum atomic E-state index is -1.34. The summed E-state index contributed by atoms with van der Waals surface area (Å²) in [5.41, 5.74) is 5.39. The number of anilines is 1. The molecule has 0 bridgehead atoms. The maximum absolute atomic E-state index is 13.5. The maximum atomic E-state index is 13.5. The molecule has 5 nitrogen and oxygen atoms in total. The van der Waals surface area contributed by atoms with E-state index < -0.39 is 17.3 Å². The van der Waals surface area contributed by atoms with E-state index in [0.717, 1.165) is 31.5 Å². The van der Waals surface area contributed by atoms with E-state index in [4.69, 9.17) is 15.6 Å². The molecule has 1 aromatic carbocycles. The molecular formula is C14H19FN2O3. The van der Waals surface area contributed by atoms with Crippen LogP contribution in [0, 0.1) is 5.82 Å². The number of rotatable bonds is 5. The monoisotopic (exact) mass is 282 g/mol. The Morgan fingerprint density at radius 3 is 2.95 bits per heavy atom. The molecule has 1 fully saturated rings. The van der Waals surface area contributed by atoms with Gasteiger partial charge >= 0.3 is 5.97 Å². The molecule has 6 heteroatoms. The van der Waals surface area contributed by atoms with Crippen LogP contribution in [0.3, 0.4) is 0 Å². The molecule has 0 aromatic heterocycles. The fraction of sp³-hybridized carbons (Fsp3) is 0.500. The summed E-state index contributed by atoms with van der Waals surface area (Å²) in [6.45, 7) is 1.53. The molecule has 1 atom stereocenters. The van der Waals surface area contributed by atoms with Crippen molar-refractivity contribution in [1.82, 2.24) is 4.90 Å². The van der Waals surface area contributed by atoms with Crippen molar-refractivity contribution in [1.29, 1.82) is 0 Å². The van der Waals surface area contributed by atoms with Crippen molar-refractivity contribution >= 4 is 11.7 Å². The SMILES string of the molecule is CN1CCCC1CCOc1cc(F)c(C(=O)O)cc1N. The lowest BCUT2D eigenvalue weighted by atomic mass is 10.1. The smallest absolute Gasteiger partial charge is 0.338 e. The van der Waals surface area contributed by atoms with E-state index in [1.165, 1.54) is 6.42 Å². The largest absolute Gasteiger partial charge is 0.491 e. The molecule has 1 aliphatic heterocycles. The van der Waals surface area contributed by atoms with Gasteiger partial charge in [-0.3, -0.25) is 0 Å². The van der Waals surface area contributed by atoms with Gasteiger partial charge in [0, 0.05) is 12.1 Å². The summed E-state index contributed by atoms with van der Waals surface area (Å²) in [5, 5.41) is 8.79. The number of halogens is 1. The highest BCUT2D eigenvalue weighted by Crippen LogP contribution is 2.26. The number of nitrogens with two attached hydrogens (primary N) is 1. The second-order valence-corrected chi connectivity index (χ2v) is 5.09. The molecule has 1 aliphatic rings. The molecule has 3 N–H and O–H groups in total. The zero-order valence-electron chi connectivity index (χ0n) is 11.4. The van der Waals surface area contributed by atoms with Crippen molar-refractivity contribution in [2.24, 2.45) is 0 Å². The van der Waals surface area contributed by atoms with Gasteiger partial charge in [-0.2, -0.15) is 0 Å². The number of carboxylic acids is 1. The Labute approximate surface area is 117 Å². The molecule has 110 valence electrons. The van der Waals surface area contributed by atoms with Crippen LogP contribution in [0.15, 0.2) is 12.1 Å². The van der Waals surface area contributed by atoms with Crippen LogP contribution >= 0.6 is 0 Å². The number of carboxylic acid groups (broad SMARTS) is 1. The summed E-state index contributed by atoms with van der Waals surface area (Å²) in [4.78, 5) is 13.0. The van der Waals surface area contributed by atoms with E-state index >= 15 is 0 Å². The average Bonchev–Trinajstić information content (AvgIpc) is 2.78. The zero-order chi connectivity index (χ0) is 14.7. The van der Waals surface area contributed by atoms with E-state index in [1.54, 1.807) is 0 Å². The third kappa shape index (κ3) is 3.19. The summed E-state index contributed by atoms with van der Waals surface area (Å²) >= 11 is 0. The van der Waals surface area contributed by atoms with Crippen molar-refractivity contribution in [2.75, 3.05) is 25.9 Å². The van der Waals surface area contributed by atoms with Gasteiger partial charge in [0.15, 0.2) is 0 Å². The third-order valence-electron chi connectivity index (χ3n) is 3.71. The van der Waals surface area contributed by atoms with Crippen LogP contribution < -0.4 is 10.5 Å². The molecule has 0 amide bonds. The summed E-state index contributed by atoms with van der Waals surface area (Å²) < 4.78 is 19.0. The predicted molar refractivity (Wildman–Crippen MR) is 73.5 cm³/mol. The topological polar surface area (TPSA) is 75.8 Å². The number of hydrogen-bond donors (Lipinski definition) is 2. The lowest BCUT2D eigenvalue weighted by molar-refractivity contribution is 0.0692. The molecule has 0 radical (unpaired) electrons. The highest BCUT2D eigenvalue weighted by molar-refractivity contribution is 5.89. The summed E-state index contributed by atoms with van der Waals surface area (Å²) in [6, 6.07) is 2.62. The molecule has 0 aliphatic carbocycles. The van der Waals surface area contributed by atoms with Crippen molar-refractivity contribution in [3.8, 4) is 5.75 Å². The summed E-state index contributed by atoms with van der Waals surface area (Å²) in [6.07, 6.45) is 3.17. The maximum Gasteiger partial charge on any atom is 0.338 e. The predicted octanol–water partition coefficient (Wildman–Crippen LogP) is 1.97. The van der Waals surface area contributed by atoms with Crippen LogP contribution in [-0.2, 0) is 0 Å². The Morgan fingerprint density at radius 1 is 1.60 bits per heavy atom. The second kappa shape index (κ2) is 6.09. The van der Waals surface area contributed by atoms with Crippen LogP contribution in [0.2, 0.25) is 0 Å². The van der Waals surface area contributed by atoms with Gasteiger partial charge < -0.3 is 20.5 Å². The fourth-order valence-electron chi connectivity index (χ4n) is 2.51. The van der Waals surface area contributed by atoms with Gasteiger partial charge in [0.25, 0.3) is 0 Å². The van der Waals surface area contributed by atoms with E-state index in [1.807, 2.05) is 0 Å².